The first-order valence-electron chi connectivity index (χ1n) is 12.0. The number of aromatic nitrogens is 6. The van der Waals surface area contributed by atoms with E-state index in [9.17, 15) is 8.78 Å². The highest BCUT2D eigenvalue weighted by Crippen LogP contribution is 2.40. The van der Waals surface area contributed by atoms with Gasteiger partial charge < -0.3 is 4.74 Å². The molecule has 0 unspecified atom stereocenters. The van der Waals surface area contributed by atoms with Crippen molar-refractivity contribution in [1.29, 1.82) is 0 Å². The fourth-order valence-electron chi connectivity index (χ4n) is 4.53. The number of fused-ring (bicyclic) bond motifs is 2. The number of nitrogens with zero attached hydrogens (tertiary/aromatic N) is 6. The Hall–Kier alpha value is -2.98. The molecule has 4 aromatic heterocycles. The summed E-state index contributed by atoms with van der Waals surface area (Å²) in [4.78, 5) is 8.82. The normalized spacial score (nSPS) is 14.0. The second-order valence-electron chi connectivity index (χ2n) is 10.4. The summed E-state index contributed by atoms with van der Waals surface area (Å²) in [5.74, 6) is -1.44. The molecular weight excluding hydrogens is 466 g/mol. The number of aryl methyl sites for hydroxylation is 2. The summed E-state index contributed by atoms with van der Waals surface area (Å²) < 4.78 is 38.1. The number of ether oxygens (including phenoxy) is 1. The van der Waals surface area contributed by atoms with Crippen LogP contribution in [0.1, 0.15) is 24.2 Å². The molecule has 1 aliphatic heterocycles. The largest absolute Gasteiger partial charge is 0.359 e. The molecule has 0 saturated carbocycles. The lowest BCUT2D eigenvalue weighted by Crippen LogP contribution is -2.22. The Kier molecular flexibility index (Phi) is 6.26. The van der Waals surface area contributed by atoms with Crippen LogP contribution in [0.4, 0.5) is 8.78 Å². The van der Waals surface area contributed by atoms with Gasteiger partial charge in [0.05, 0.1) is 12.4 Å². The van der Waals surface area contributed by atoms with Gasteiger partial charge in [0.15, 0.2) is 11.5 Å². The molecule has 5 heterocycles. The zero-order chi connectivity index (χ0) is 24.7. The Labute approximate surface area is 204 Å². The first kappa shape index (κ1) is 23.7. The lowest BCUT2D eigenvalue weighted by atomic mass is 9.95. The summed E-state index contributed by atoms with van der Waals surface area (Å²) >= 11 is 0. The highest BCUT2D eigenvalue weighted by Gasteiger charge is 2.27. The molecule has 0 spiro atoms. The van der Waals surface area contributed by atoms with Crippen LogP contribution in [0, 0.1) is 18.6 Å². The quantitative estimate of drug-likeness (QED) is 0.246. The van der Waals surface area contributed by atoms with Crippen molar-refractivity contribution in [3.05, 3.63) is 47.5 Å². The molecular formula is C25H30F2N6OSi. The van der Waals surface area contributed by atoms with Crippen molar-refractivity contribution in [2.24, 2.45) is 0 Å². The zero-order valence-electron chi connectivity index (χ0n) is 20.6. The maximum Gasteiger partial charge on any atom is 0.161 e. The Morgan fingerprint density at radius 3 is 2.69 bits per heavy atom. The van der Waals surface area contributed by atoms with Gasteiger partial charge in [0.1, 0.15) is 23.9 Å². The van der Waals surface area contributed by atoms with Gasteiger partial charge in [0.2, 0.25) is 0 Å². The topological polar surface area (TPSA) is 70.7 Å². The van der Waals surface area contributed by atoms with Gasteiger partial charge in [-0.25, -0.2) is 23.4 Å². The first-order valence-corrected chi connectivity index (χ1v) is 15.7. The zero-order valence-corrected chi connectivity index (χ0v) is 21.6. The van der Waals surface area contributed by atoms with E-state index in [4.69, 9.17) is 14.8 Å². The molecule has 1 aliphatic rings. The van der Waals surface area contributed by atoms with E-state index in [1.165, 1.54) is 0 Å². The van der Waals surface area contributed by atoms with Crippen LogP contribution in [0.3, 0.4) is 0 Å². The third kappa shape index (κ3) is 4.77. The number of hydrogen-bond acceptors (Lipinski definition) is 5. The molecule has 0 aromatic carbocycles. The average molecular weight is 497 g/mol. The van der Waals surface area contributed by atoms with Gasteiger partial charge in [0, 0.05) is 55.2 Å². The molecule has 5 rings (SSSR count). The molecule has 0 amide bonds. The molecule has 184 valence electrons. The van der Waals surface area contributed by atoms with Gasteiger partial charge in [-0.05, 0) is 38.3 Å². The standard InChI is InChI=1S/C25H30F2N6OSi/c1-16-11-18(19-14-29-33(25(19)30-16)15-34-9-10-35(2,3)4)22-21-7-5-6-8-32(21)31-24(22)23-20(27)12-17(26)13-28-23/h11-14H,5-10,15H2,1-4H3. The molecule has 0 fully saturated rings. The lowest BCUT2D eigenvalue weighted by Gasteiger charge is -2.16. The fourth-order valence-corrected chi connectivity index (χ4v) is 5.29. The van der Waals surface area contributed by atoms with Crippen molar-refractivity contribution in [2.75, 3.05) is 6.61 Å². The van der Waals surface area contributed by atoms with Crippen LogP contribution in [0.2, 0.25) is 25.7 Å². The van der Waals surface area contributed by atoms with E-state index in [1.807, 2.05) is 17.7 Å². The monoisotopic (exact) mass is 496 g/mol. The molecule has 10 heteroatoms. The number of halogens is 2. The number of hydrogen-bond donors (Lipinski definition) is 0. The predicted molar refractivity (Wildman–Crippen MR) is 134 cm³/mol. The summed E-state index contributed by atoms with van der Waals surface area (Å²) in [6.07, 6.45) is 5.66. The molecule has 0 aliphatic carbocycles. The molecule has 0 saturated heterocycles. The Morgan fingerprint density at radius 1 is 1.09 bits per heavy atom. The second kappa shape index (κ2) is 9.23. The van der Waals surface area contributed by atoms with Crippen LogP contribution < -0.4 is 0 Å². The summed E-state index contributed by atoms with van der Waals surface area (Å²) in [6.45, 7) is 10.6. The highest BCUT2D eigenvalue weighted by atomic mass is 28.3. The van der Waals surface area contributed by atoms with Gasteiger partial charge in [0.25, 0.3) is 0 Å². The van der Waals surface area contributed by atoms with Crippen molar-refractivity contribution in [2.45, 2.75) is 65.1 Å². The van der Waals surface area contributed by atoms with E-state index in [2.05, 4.69) is 29.7 Å². The molecule has 4 aromatic rings. The third-order valence-electron chi connectivity index (χ3n) is 6.34. The van der Waals surface area contributed by atoms with Gasteiger partial charge in [-0.15, -0.1) is 0 Å². The van der Waals surface area contributed by atoms with Gasteiger partial charge in [-0.3, -0.25) is 4.68 Å². The van der Waals surface area contributed by atoms with E-state index in [1.54, 1.807) is 10.9 Å². The summed E-state index contributed by atoms with van der Waals surface area (Å²) in [7, 11) is -1.19. The van der Waals surface area contributed by atoms with Crippen LogP contribution in [0.5, 0.6) is 0 Å². The van der Waals surface area contributed by atoms with Crippen molar-refractivity contribution in [3.63, 3.8) is 0 Å². The maximum absolute atomic E-state index is 14.9. The van der Waals surface area contributed by atoms with Gasteiger partial charge in [-0.1, -0.05) is 19.6 Å². The molecule has 35 heavy (non-hydrogen) atoms. The van der Waals surface area contributed by atoms with E-state index >= 15 is 0 Å². The summed E-state index contributed by atoms with van der Waals surface area (Å²) in [5.41, 5.74) is 4.72. The number of rotatable bonds is 7. The van der Waals surface area contributed by atoms with E-state index in [0.29, 0.717) is 24.7 Å². The SMILES string of the molecule is Cc1cc(-c2c(-c3ncc(F)cc3F)nn3c2CCCC3)c2cnn(COCC[Si](C)(C)C)c2n1. The van der Waals surface area contributed by atoms with Crippen molar-refractivity contribution >= 4 is 19.1 Å². The average Bonchev–Trinajstić information content (AvgIpc) is 3.37. The summed E-state index contributed by atoms with van der Waals surface area (Å²) in [6, 6.07) is 3.91. The van der Waals surface area contributed by atoms with E-state index < -0.39 is 19.7 Å². The van der Waals surface area contributed by atoms with Crippen LogP contribution in [-0.4, -0.2) is 44.2 Å². The van der Waals surface area contributed by atoms with Crippen molar-refractivity contribution < 1.29 is 13.5 Å². The van der Waals surface area contributed by atoms with E-state index in [-0.39, 0.29) is 5.69 Å². The maximum atomic E-state index is 14.9. The molecule has 0 atom stereocenters. The second-order valence-corrected chi connectivity index (χ2v) is 16.0. The number of pyridine rings is 2. The van der Waals surface area contributed by atoms with E-state index in [0.717, 1.165) is 72.0 Å². The minimum atomic E-state index is -1.19. The van der Waals surface area contributed by atoms with Gasteiger partial charge in [-0.2, -0.15) is 10.2 Å². The molecule has 7 nitrogen and oxygen atoms in total. The Bertz CT molecular complexity index is 1390. The summed E-state index contributed by atoms with van der Waals surface area (Å²) in [5, 5.41) is 10.1. The molecule has 0 radical (unpaired) electrons. The first-order chi connectivity index (χ1) is 16.7. The van der Waals surface area contributed by atoms with Crippen LogP contribution in [0.25, 0.3) is 33.5 Å². The minimum Gasteiger partial charge on any atom is -0.359 e. The van der Waals surface area contributed by atoms with Gasteiger partial charge >= 0.3 is 0 Å². The van der Waals surface area contributed by atoms with Crippen molar-refractivity contribution in [3.8, 4) is 22.5 Å². The lowest BCUT2D eigenvalue weighted by molar-refractivity contribution is 0.0813. The fraction of sp³-hybridized carbons (Fsp3) is 0.440. The molecule has 0 N–H and O–H groups in total. The van der Waals surface area contributed by atoms with Crippen molar-refractivity contribution in [1.82, 2.24) is 29.5 Å². The third-order valence-corrected chi connectivity index (χ3v) is 8.04. The molecule has 0 bridgehead atoms. The highest BCUT2D eigenvalue weighted by molar-refractivity contribution is 6.76. The smallest absolute Gasteiger partial charge is 0.161 e. The minimum absolute atomic E-state index is 0.0491. The van der Waals surface area contributed by atoms with Crippen LogP contribution in [0.15, 0.2) is 24.5 Å². The predicted octanol–water partition coefficient (Wildman–Crippen LogP) is 5.59. The Balaban J connectivity index is 1.61. The van der Waals surface area contributed by atoms with Crippen LogP contribution >= 0.6 is 0 Å². The van der Waals surface area contributed by atoms with Crippen LogP contribution in [-0.2, 0) is 24.4 Å². The Morgan fingerprint density at radius 2 is 1.91 bits per heavy atom.